The zero-order valence-corrected chi connectivity index (χ0v) is 13.0. The fraction of sp³-hybridized carbons (Fsp3) is 0.562. The first-order valence-electron chi connectivity index (χ1n) is 7.16. The highest BCUT2D eigenvalue weighted by molar-refractivity contribution is 8.00. The Morgan fingerprint density at radius 1 is 1.35 bits per heavy atom. The Labute approximate surface area is 124 Å². The first-order valence-corrected chi connectivity index (χ1v) is 8.38. The average Bonchev–Trinajstić information content (AvgIpc) is 2.48. The lowest BCUT2D eigenvalue weighted by Crippen LogP contribution is -2.41. The number of benzene rings is 1. The molecule has 1 aliphatic carbocycles. The van der Waals surface area contributed by atoms with Gasteiger partial charge in [-0.15, -0.1) is 0 Å². The lowest BCUT2D eigenvalue weighted by Gasteiger charge is -2.35. The van der Waals surface area contributed by atoms with Crippen LogP contribution < -0.4 is 5.32 Å². The number of halogens is 1. The fourth-order valence-electron chi connectivity index (χ4n) is 2.78. The van der Waals surface area contributed by atoms with Gasteiger partial charge in [-0.25, -0.2) is 4.39 Å². The molecule has 1 aromatic carbocycles. The highest BCUT2D eigenvalue weighted by Crippen LogP contribution is 2.37. The van der Waals surface area contributed by atoms with E-state index in [2.05, 4.69) is 11.6 Å². The van der Waals surface area contributed by atoms with E-state index in [1.807, 2.05) is 11.8 Å². The second kappa shape index (κ2) is 6.61. The molecule has 110 valence electrons. The SMILES string of the molecule is CSC1(CNC(=O)c2ccc(F)c(C)c2)CCCCC1. The standard InChI is InChI=1S/C16H22FNOS/c1-12-10-13(6-7-14(12)17)15(19)18-11-16(20-2)8-4-3-5-9-16/h6-7,10H,3-5,8-9,11H2,1-2H3,(H,18,19). The molecular formula is C16H22FNOS. The summed E-state index contributed by atoms with van der Waals surface area (Å²) >= 11 is 1.86. The lowest BCUT2D eigenvalue weighted by atomic mass is 9.88. The third-order valence-electron chi connectivity index (χ3n) is 4.19. The van der Waals surface area contributed by atoms with E-state index >= 15 is 0 Å². The summed E-state index contributed by atoms with van der Waals surface area (Å²) in [7, 11) is 0. The van der Waals surface area contributed by atoms with Crippen LogP contribution in [0.3, 0.4) is 0 Å². The van der Waals surface area contributed by atoms with Crippen LogP contribution in [0, 0.1) is 12.7 Å². The van der Waals surface area contributed by atoms with E-state index in [9.17, 15) is 9.18 Å². The normalized spacial score (nSPS) is 17.8. The quantitative estimate of drug-likeness (QED) is 0.912. The van der Waals surface area contributed by atoms with E-state index in [-0.39, 0.29) is 16.5 Å². The summed E-state index contributed by atoms with van der Waals surface area (Å²) in [5.74, 6) is -0.374. The van der Waals surface area contributed by atoms with Crippen molar-refractivity contribution in [2.45, 2.75) is 43.8 Å². The van der Waals surface area contributed by atoms with Crippen LogP contribution in [0.15, 0.2) is 18.2 Å². The van der Waals surface area contributed by atoms with Gasteiger partial charge in [0, 0.05) is 16.9 Å². The second-order valence-corrected chi connectivity index (χ2v) is 6.87. The van der Waals surface area contributed by atoms with Gasteiger partial charge in [-0.2, -0.15) is 11.8 Å². The van der Waals surface area contributed by atoms with Gasteiger partial charge in [-0.3, -0.25) is 4.79 Å². The number of carbonyl (C=O) groups is 1. The summed E-state index contributed by atoms with van der Waals surface area (Å²) in [5, 5.41) is 3.02. The topological polar surface area (TPSA) is 29.1 Å². The Morgan fingerprint density at radius 2 is 2.05 bits per heavy atom. The number of carbonyl (C=O) groups excluding carboxylic acids is 1. The molecule has 0 saturated heterocycles. The maximum atomic E-state index is 13.2. The molecule has 1 aromatic rings. The molecular weight excluding hydrogens is 273 g/mol. The highest BCUT2D eigenvalue weighted by Gasteiger charge is 2.31. The monoisotopic (exact) mass is 295 g/mol. The molecule has 0 aromatic heterocycles. The number of amides is 1. The zero-order valence-electron chi connectivity index (χ0n) is 12.2. The molecule has 0 heterocycles. The summed E-state index contributed by atoms with van der Waals surface area (Å²) < 4.78 is 13.4. The molecule has 1 aliphatic rings. The van der Waals surface area contributed by atoms with Crippen molar-refractivity contribution < 1.29 is 9.18 Å². The smallest absolute Gasteiger partial charge is 0.251 e. The summed E-state index contributed by atoms with van der Waals surface area (Å²) in [4.78, 5) is 12.2. The molecule has 1 saturated carbocycles. The van der Waals surface area contributed by atoms with Gasteiger partial charge in [0.15, 0.2) is 0 Å². The molecule has 20 heavy (non-hydrogen) atoms. The van der Waals surface area contributed by atoms with Gasteiger partial charge in [0.25, 0.3) is 5.91 Å². The Bertz CT molecular complexity index is 483. The van der Waals surface area contributed by atoms with Crippen LogP contribution in [0.1, 0.15) is 48.0 Å². The van der Waals surface area contributed by atoms with Crippen LogP contribution in [0.2, 0.25) is 0 Å². The van der Waals surface area contributed by atoms with Crippen molar-refractivity contribution in [3.05, 3.63) is 35.1 Å². The molecule has 1 amide bonds. The predicted octanol–water partition coefficient (Wildman–Crippen LogP) is 3.93. The molecule has 0 aliphatic heterocycles. The van der Waals surface area contributed by atoms with Crippen molar-refractivity contribution >= 4 is 17.7 Å². The van der Waals surface area contributed by atoms with Crippen molar-refractivity contribution in [3.8, 4) is 0 Å². The van der Waals surface area contributed by atoms with Crippen molar-refractivity contribution in [3.63, 3.8) is 0 Å². The Balaban J connectivity index is 1.98. The van der Waals surface area contributed by atoms with E-state index in [1.54, 1.807) is 19.1 Å². The lowest BCUT2D eigenvalue weighted by molar-refractivity contribution is 0.0947. The van der Waals surface area contributed by atoms with E-state index in [1.165, 1.54) is 25.3 Å². The third kappa shape index (κ3) is 3.54. The molecule has 0 radical (unpaired) electrons. The molecule has 0 unspecified atom stereocenters. The summed E-state index contributed by atoms with van der Waals surface area (Å²) in [5.41, 5.74) is 1.05. The maximum absolute atomic E-state index is 13.2. The van der Waals surface area contributed by atoms with Gasteiger partial charge in [0.1, 0.15) is 5.82 Å². The van der Waals surface area contributed by atoms with Gasteiger partial charge < -0.3 is 5.32 Å². The van der Waals surface area contributed by atoms with Gasteiger partial charge in [0.2, 0.25) is 0 Å². The highest BCUT2D eigenvalue weighted by atomic mass is 32.2. The minimum Gasteiger partial charge on any atom is -0.351 e. The van der Waals surface area contributed by atoms with Crippen LogP contribution in [-0.4, -0.2) is 23.5 Å². The Kier molecular flexibility index (Phi) is 5.08. The maximum Gasteiger partial charge on any atom is 0.251 e. The van der Waals surface area contributed by atoms with E-state index < -0.39 is 0 Å². The number of hydrogen-bond donors (Lipinski definition) is 1. The Morgan fingerprint density at radius 3 is 2.65 bits per heavy atom. The molecule has 0 spiro atoms. The average molecular weight is 295 g/mol. The minimum atomic E-state index is -0.269. The summed E-state index contributed by atoms with van der Waals surface area (Å²) in [6, 6.07) is 4.51. The van der Waals surface area contributed by atoms with Crippen LogP contribution >= 0.6 is 11.8 Å². The first-order chi connectivity index (χ1) is 9.56. The van der Waals surface area contributed by atoms with Crippen molar-refractivity contribution in [2.75, 3.05) is 12.8 Å². The van der Waals surface area contributed by atoms with E-state index in [4.69, 9.17) is 0 Å². The van der Waals surface area contributed by atoms with Crippen LogP contribution in [0.25, 0.3) is 0 Å². The second-order valence-electron chi connectivity index (χ2n) is 5.59. The number of thioether (sulfide) groups is 1. The van der Waals surface area contributed by atoms with Crippen LogP contribution in [0.4, 0.5) is 4.39 Å². The van der Waals surface area contributed by atoms with Gasteiger partial charge in [-0.05, 0) is 49.8 Å². The van der Waals surface area contributed by atoms with E-state index in [0.29, 0.717) is 17.7 Å². The first kappa shape index (κ1) is 15.4. The molecule has 0 atom stereocenters. The molecule has 2 rings (SSSR count). The number of aryl methyl sites for hydroxylation is 1. The molecule has 0 bridgehead atoms. The zero-order chi connectivity index (χ0) is 14.6. The molecule has 2 nitrogen and oxygen atoms in total. The van der Waals surface area contributed by atoms with Crippen LogP contribution in [0.5, 0.6) is 0 Å². The van der Waals surface area contributed by atoms with Gasteiger partial charge in [-0.1, -0.05) is 19.3 Å². The summed E-state index contributed by atoms with van der Waals surface area (Å²) in [6.07, 6.45) is 8.24. The molecule has 1 fully saturated rings. The fourth-order valence-corrected chi connectivity index (χ4v) is 3.69. The largest absolute Gasteiger partial charge is 0.351 e. The van der Waals surface area contributed by atoms with Crippen molar-refractivity contribution in [1.29, 1.82) is 0 Å². The number of nitrogens with one attached hydrogen (secondary N) is 1. The van der Waals surface area contributed by atoms with E-state index in [0.717, 1.165) is 12.8 Å². The van der Waals surface area contributed by atoms with Crippen LogP contribution in [-0.2, 0) is 0 Å². The van der Waals surface area contributed by atoms with Gasteiger partial charge in [0.05, 0.1) is 0 Å². The molecule has 1 N–H and O–H groups in total. The predicted molar refractivity (Wildman–Crippen MR) is 82.8 cm³/mol. The Hall–Kier alpha value is -1.03. The minimum absolute atomic E-state index is 0.105. The number of rotatable bonds is 4. The third-order valence-corrected chi connectivity index (χ3v) is 5.61. The van der Waals surface area contributed by atoms with Crippen molar-refractivity contribution in [2.24, 2.45) is 0 Å². The van der Waals surface area contributed by atoms with Gasteiger partial charge >= 0.3 is 0 Å². The molecule has 4 heteroatoms. The van der Waals surface area contributed by atoms with Crippen molar-refractivity contribution in [1.82, 2.24) is 5.32 Å². The summed E-state index contributed by atoms with van der Waals surface area (Å²) in [6.45, 7) is 2.38. The number of hydrogen-bond acceptors (Lipinski definition) is 2.